The van der Waals surface area contributed by atoms with Crippen LogP contribution in [0.3, 0.4) is 0 Å². The second kappa shape index (κ2) is 13.1. The number of imidazole rings is 1. The van der Waals surface area contributed by atoms with Crippen LogP contribution in [0.5, 0.6) is 0 Å². The zero-order valence-electron chi connectivity index (χ0n) is 19.5. The molecular weight excluding hydrogens is 374 g/mol. The van der Waals surface area contributed by atoms with Crippen molar-refractivity contribution in [3.8, 4) is 22.5 Å². The zero-order valence-corrected chi connectivity index (χ0v) is 19.5. The number of aromatic nitrogens is 6. The number of nitrogens with one attached hydrogen (secondary N) is 3. The minimum Gasteiger partial charge on any atom is -0.357 e. The number of aryl methyl sites for hydroxylation is 1. The number of H-pyrrole nitrogens is 2. The predicted octanol–water partition coefficient (Wildman–Crippen LogP) is 6.09. The molecule has 3 heterocycles. The van der Waals surface area contributed by atoms with Gasteiger partial charge in [-0.15, -0.1) is 0 Å². The maximum Gasteiger partial charge on any atom is 0.222 e. The molecule has 7 nitrogen and oxygen atoms in total. The molecule has 4 rings (SSSR count). The predicted molar refractivity (Wildman–Crippen MR) is 128 cm³/mol. The van der Waals surface area contributed by atoms with Gasteiger partial charge in [0.2, 0.25) is 5.95 Å². The number of hydrogen-bond donors (Lipinski definition) is 3. The minimum absolute atomic E-state index is 0.580. The molecule has 0 aliphatic carbocycles. The Morgan fingerprint density at radius 2 is 1.70 bits per heavy atom. The second-order valence-corrected chi connectivity index (χ2v) is 5.44. The molecule has 0 aliphatic rings. The Hall–Kier alpha value is -3.22. The van der Waals surface area contributed by atoms with Crippen LogP contribution in [-0.2, 0) is 6.42 Å². The quantitative estimate of drug-likeness (QED) is 0.379. The molecule has 0 unspecified atom stereocenters. The fourth-order valence-electron chi connectivity index (χ4n) is 2.71. The first kappa shape index (κ1) is 24.8. The Labute approximate surface area is 179 Å². The van der Waals surface area contributed by atoms with Crippen LogP contribution in [0, 0.1) is 0 Å². The first-order chi connectivity index (χ1) is 14.8. The van der Waals surface area contributed by atoms with Crippen molar-refractivity contribution in [2.24, 2.45) is 0 Å². The van der Waals surface area contributed by atoms with Crippen molar-refractivity contribution in [3.63, 3.8) is 0 Å². The molecule has 0 radical (unpaired) electrons. The maximum absolute atomic E-state index is 4.55. The molecule has 3 aromatic heterocycles. The molecule has 0 fully saturated rings. The largest absolute Gasteiger partial charge is 0.357 e. The number of aromatic amines is 2. The highest BCUT2D eigenvalue weighted by molar-refractivity contribution is 5.85. The molecule has 4 aromatic rings. The highest BCUT2D eigenvalue weighted by Crippen LogP contribution is 2.30. The number of rotatable bonds is 4. The lowest BCUT2D eigenvalue weighted by Gasteiger charge is -2.05. The second-order valence-electron chi connectivity index (χ2n) is 5.44. The standard InChI is InChI=1S/C17H17N7.3C2H6/c1-3-15-21-13-5-4-10(8-14(13)22-15)16-11(9-20-24-16)12-6-7-19-17(18-2)23-12;3*1-2/h4-9H,3H2,1-2H3,(H,20,24)(H,21,22)(H,18,19,23);3*1-2H3. The van der Waals surface area contributed by atoms with Gasteiger partial charge in [0.25, 0.3) is 0 Å². The smallest absolute Gasteiger partial charge is 0.222 e. The molecule has 3 N–H and O–H groups in total. The third kappa shape index (κ3) is 5.65. The summed E-state index contributed by atoms with van der Waals surface area (Å²) in [6.45, 7) is 14.1. The Morgan fingerprint density at radius 1 is 0.967 bits per heavy atom. The number of benzene rings is 1. The SMILES string of the molecule is CC.CC.CC.CCc1nc2ccc(-c3[nH]ncc3-c3ccnc(NC)n3)cc2[nH]1. The van der Waals surface area contributed by atoms with Crippen molar-refractivity contribution < 1.29 is 0 Å². The van der Waals surface area contributed by atoms with Gasteiger partial charge in [0.1, 0.15) is 5.82 Å². The van der Waals surface area contributed by atoms with E-state index in [0.29, 0.717) is 5.95 Å². The lowest BCUT2D eigenvalue weighted by molar-refractivity contribution is 1.00. The zero-order chi connectivity index (χ0) is 22.5. The molecule has 0 saturated heterocycles. The average molecular weight is 410 g/mol. The summed E-state index contributed by atoms with van der Waals surface area (Å²) in [6, 6.07) is 8.02. The van der Waals surface area contributed by atoms with E-state index in [4.69, 9.17) is 0 Å². The lowest BCUT2D eigenvalue weighted by atomic mass is 10.1. The molecule has 0 saturated carbocycles. The summed E-state index contributed by atoms with van der Waals surface area (Å²) < 4.78 is 0. The summed E-state index contributed by atoms with van der Waals surface area (Å²) in [4.78, 5) is 16.5. The Bertz CT molecular complexity index is 1000. The van der Waals surface area contributed by atoms with Gasteiger partial charge in [-0.1, -0.05) is 54.5 Å². The van der Waals surface area contributed by atoms with E-state index >= 15 is 0 Å². The van der Waals surface area contributed by atoms with E-state index in [1.54, 1.807) is 19.4 Å². The Morgan fingerprint density at radius 3 is 2.37 bits per heavy atom. The van der Waals surface area contributed by atoms with Crippen LogP contribution in [-0.4, -0.2) is 37.2 Å². The van der Waals surface area contributed by atoms with Gasteiger partial charge in [0, 0.05) is 30.8 Å². The first-order valence-corrected chi connectivity index (χ1v) is 10.8. The monoisotopic (exact) mass is 409 g/mol. The van der Waals surface area contributed by atoms with Crippen LogP contribution in [0.1, 0.15) is 54.3 Å². The molecule has 30 heavy (non-hydrogen) atoms. The van der Waals surface area contributed by atoms with E-state index in [9.17, 15) is 0 Å². The molecule has 0 amide bonds. The van der Waals surface area contributed by atoms with Gasteiger partial charge < -0.3 is 10.3 Å². The van der Waals surface area contributed by atoms with Crippen LogP contribution in [0.15, 0.2) is 36.7 Å². The van der Waals surface area contributed by atoms with Crippen LogP contribution < -0.4 is 5.32 Å². The first-order valence-electron chi connectivity index (χ1n) is 10.8. The van der Waals surface area contributed by atoms with Gasteiger partial charge in [-0.2, -0.15) is 5.10 Å². The van der Waals surface area contributed by atoms with Crippen molar-refractivity contribution >= 4 is 17.0 Å². The molecule has 0 spiro atoms. The topological polar surface area (TPSA) is 95.2 Å². The van der Waals surface area contributed by atoms with Gasteiger partial charge in [0.05, 0.1) is 28.6 Å². The maximum atomic E-state index is 4.55. The van der Waals surface area contributed by atoms with E-state index < -0.39 is 0 Å². The Kier molecular flexibility index (Phi) is 10.8. The molecule has 1 aromatic carbocycles. The normalized spacial score (nSPS) is 9.47. The van der Waals surface area contributed by atoms with Gasteiger partial charge in [-0.05, 0) is 18.2 Å². The van der Waals surface area contributed by atoms with Crippen LogP contribution in [0.4, 0.5) is 5.95 Å². The number of anilines is 1. The van der Waals surface area contributed by atoms with E-state index in [0.717, 1.165) is 45.8 Å². The molecular formula is C23H35N7. The van der Waals surface area contributed by atoms with Gasteiger partial charge in [0.15, 0.2) is 0 Å². The number of hydrogen-bond acceptors (Lipinski definition) is 5. The molecule has 0 aliphatic heterocycles. The molecule has 0 atom stereocenters. The summed E-state index contributed by atoms with van der Waals surface area (Å²) in [6.07, 6.45) is 4.40. The molecule has 0 bridgehead atoms. The van der Waals surface area contributed by atoms with Crippen molar-refractivity contribution in [2.75, 3.05) is 12.4 Å². The van der Waals surface area contributed by atoms with Crippen molar-refractivity contribution in [3.05, 3.63) is 42.5 Å². The van der Waals surface area contributed by atoms with E-state index in [1.807, 2.05) is 59.7 Å². The van der Waals surface area contributed by atoms with Crippen LogP contribution in [0.2, 0.25) is 0 Å². The van der Waals surface area contributed by atoms with E-state index in [-0.39, 0.29) is 0 Å². The minimum atomic E-state index is 0.580. The number of nitrogens with zero attached hydrogens (tertiary/aromatic N) is 4. The summed E-state index contributed by atoms with van der Waals surface area (Å²) in [7, 11) is 1.80. The van der Waals surface area contributed by atoms with Crippen LogP contribution >= 0.6 is 0 Å². The lowest BCUT2D eigenvalue weighted by Crippen LogP contribution is -1.96. The highest BCUT2D eigenvalue weighted by Gasteiger charge is 2.13. The molecule has 162 valence electrons. The van der Waals surface area contributed by atoms with Gasteiger partial charge in [-0.25, -0.2) is 15.0 Å². The highest BCUT2D eigenvalue weighted by atomic mass is 15.1. The van der Waals surface area contributed by atoms with Crippen molar-refractivity contribution in [2.45, 2.75) is 54.9 Å². The van der Waals surface area contributed by atoms with Gasteiger partial charge in [-0.3, -0.25) is 5.10 Å². The summed E-state index contributed by atoms with van der Waals surface area (Å²) >= 11 is 0. The summed E-state index contributed by atoms with van der Waals surface area (Å²) in [5, 5.41) is 10.2. The summed E-state index contributed by atoms with van der Waals surface area (Å²) in [5.41, 5.74) is 5.69. The average Bonchev–Trinajstić information content (AvgIpc) is 3.49. The van der Waals surface area contributed by atoms with Crippen molar-refractivity contribution in [1.82, 2.24) is 30.1 Å². The Balaban J connectivity index is 0.000000691. The van der Waals surface area contributed by atoms with E-state index in [1.165, 1.54) is 0 Å². The van der Waals surface area contributed by atoms with Crippen molar-refractivity contribution in [1.29, 1.82) is 0 Å². The fraction of sp³-hybridized carbons (Fsp3) is 0.391. The third-order valence-corrected chi connectivity index (χ3v) is 3.95. The van der Waals surface area contributed by atoms with Crippen LogP contribution in [0.25, 0.3) is 33.5 Å². The fourth-order valence-corrected chi connectivity index (χ4v) is 2.71. The third-order valence-electron chi connectivity index (χ3n) is 3.95. The summed E-state index contributed by atoms with van der Waals surface area (Å²) in [5.74, 6) is 1.57. The van der Waals surface area contributed by atoms with Gasteiger partial charge >= 0.3 is 0 Å². The molecule has 7 heteroatoms. The van der Waals surface area contributed by atoms with E-state index in [2.05, 4.69) is 48.4 Å². The number of fused-ring (bicyclic) bond motifs is 1.